The van der Waals surface area contributed by atoms with Gasteiger partial charge in [-0.15, -0.1) is 0 Å². The van der Waals surface area contributed by atoms with Gasteiger partial charge in [-0.25, -0.2) is 9.78 Å². The predicted octanol–water partition coefficient (Wildman–Crippen LogP) is 4.53. The van der Waals surface area contributed by atoms with Crippen LogP contribution >= 0.6 is 15.9 Å². The lowest BCUT2D eigenvalue weighted by molar-refractivity contribution is 0.0594. The summed E-state index contributed by atoms with van der Waals surface area (Å²) < 4.78 is 11.3. The van der Waals surface area contributed by atoms with Crippen molar-refractivity contribution in [3.63, 3.8) is 0 Å². The van der Waals surface area contributed by atoms with Gasteiger partial charge in [-0.2, -0.15) is 0 Å². The number of rotatable bonds is 4. The standard InChI is InChI=1S/C18H20BrNO3/c1-22-16-8-7-13(19)17-12(16)10-15(18(21)23-2)20-14(17)9-11-5-3-4-6-11/h7-8,10-11H,3-6,9H2,1-2H3. The Balaban J connectivity index is 2.19. The van der Waals surface area contributed by atoms with E-state index in [9.17, 15) is 4.79 Å². The summed E-state index contributed by atoms with van der Waals surface area (Å²) in [5.74, 6) is 0.960. The molecule has 0 atom stereocenters. The van der Waals surface area contributed by atoms with Gasteiger partial charge in [-0.1, -0.05) is 41.6 Å². The molecule has 0 aliphatic heterocycles. The van der Waals surface area contributed by atoms with Crippen LogP contribution in [0.4, 0.5) is 0 Å². The molecule has 0 unspecified atom stereocenters. The molecule has 5 heteroatoms. The molecule has 2 aromatic rings. The zero-order valence-corrected chi connectivity index (χ0v) is 15.0. The van der Waals surface area contributed by atoms with Crippen LogP contribution in [0.3, 0.4) is 0 Å². The summed E-state index contributed by atoms with van der Waals surface area (Å²) in [6.45, 7) is 0. The number of fused-ring (bicyclic) bond motifs is 1. The first-order valence-electron chi connectivity index (χ1n) is 7.88. The molecule has 0 N–H and O–H groups in total. The molecule has 3 rings (SSSR count). The molecule has 1 heterocycles. The van der Waals surface area contributed by atoms with Gasteiger partial charge >= 0.3 is 5.97 Å². The lowest BCUT2D eigenvalue weighted by Crippen LogP contribution is -2.10. The Kier molecular flexibility index (Phi) is 4.85. The number of carbonyl (C=O) groups excluding carboxylic acids is 1. The van der Waals surface area contributed by atoms with Crippen molar-refractivity contribution in [2.75, 3.05) is 14.2 Å². The molecule has 122 valence electrons. The molecule has 1 aliphatic rings. The molecule has 0 radical (unpaired) electrons. The van der Waals surface area contributed by atoms with Gasteiger partial charge in [0.25, 0.3) is 0 Å². The smallest absolute Gasteiger partial charge is 0.356 e. The maximum atomic E-state index is 12.0. The summed E-state index contributed by atoms with van der Waals surface area (Å²) in [4.78, 5) is 16.6. The van der Waals surface area contributed by atoms with Crippen molar-refractivity contribution in [3.05, 3.63) is 34.1 Å². The van der Waals surface area contributed by atoms with Gasteiger partial charge in [0, 0.05) is 15.2 Å². The van der Waals surface area contributed by atoms with Gasteiger partial charge in [0.2, 0.25) is 0 Å². The molecule has 1 aliphatic carbocycles. The Hall–Kier alpha value is -1.62. The van der Waals surface area contributed by atoms with Crippen molar-refractivity contribution in [2.45, 2.75) is 32.1 Å². The number of ether oxygens (including phenoxy) is 2. The number of pyridine rings is 1. The largest absolute Gasteiger partial charge is 0.496 e. The zero-order valence-electron chi connectivity index (χ0n) is 13.4. The second kappa shape index (κ2) is 6.87. The van der Waals surface area contributed by atoms with E-state index in [0.717, 1.165) is 33.1 Å². The number of hydrogen-bond donors (Lipinski definition) is 0. The van der Waals surface area contributed by atoms with Crippen LogP contribution in [0.25, 0.3) is 10.8 Å². The number of aromatic nitrogens is 1. The third-order valence-electron chi connectivity index (χ3n) is 4.55. The fourth-order valence-electron chi connectivity index (χ4n) is 3.40. The Bertz CT molecular complexity index is 739. The van der Waals surface area contributed by atoms with E-state index in [1.807, 2.05) is 12.1 Å². The van der Waals surface area contributed by atoms with Crippen LogP contribution in [0.1, 0.15) is 41.9 Å². The SMILES string of the molecule is COC(=O)c1cc2c(OC)ccc(Br)c2c(CC2CCCC2)n1. The second-order valence-electron chi connectivity index (χ2n) is 5.97. The van der Waals surface area contributed by atoms with Gasteiger partial charge in [-0.3, -0.25) is 0 Å². The van der Waals surface area contributed by atoms with E-state index >= 15 is 0 Å². The third kappa shape index (κ3) is 3.20. The fraction of sp³-hybridized carbons (Fsp3) is 0.444. The molecule has 0 amide bonds. The molecule has 23 heavy (non-hydrogen) atoms. The molecule has 1 aromatic heterocycles. The summed E-state index contributed by atoms with van der Waals surface area (Å²) in [7, 11) is 3.01. The van der Waals surface area contributed by atoms with E-state index in [2.05, 4.69) is 20.9 Å². The van der Waals surface area contributed by atoms with Crippen LogP contribution < -0.4 is 4.74 Å². The van der Waals surface area contributed by atoms with E-state index in [0.29, 0.717) is 11.6 Å². The van der Waals surface area contributed by atoms with Gasteiger partial charge < -0.3 is 9.47 Å². The molecule has 0 spiro atoms. The highest BCUT2D eigenvalue weighted by Gasteiger charge is 2.21. The number of carbonyl (C=O) groups is 1. The molecular formula is C18H20BrNO3. The quantitative estimate of drug-likeness (QED) is 0.734. The number of esters is 1. The normalized spacial score (nSPS) is 15.1. The van der Waals surface area contributed by atoms with Crippen molar-refractivity contribution in [2.24, 2.45) is 5.92 Å². The van der Waals surface area contributed by atoms with E-state index < -0.39 is 5.97 Å². The lowest BCUT2D eigenvalue weighted by atomic mass is 9.97. The number of hydrogen-bond acceptors (Lipinski definition) is 4. The lowest BCUT2D eigenvalue weighted by Gasteiger charge is -2.15. The molecular weight excluding hydrogens is 358 g/mol. The monoisotopic (exact) mass is 377 g/mol. The Labute approximate surface area is 144 Å². The highest BCUT2D eigenvalue weighted by molar-refractivity contribution is 9.10. The fourth-order valence-corrected chi connectivity index (χ4v) is 3.98. The van der Waals surface area contributed by atoms with Crippen molar-refractivity contribution in [1.29, 1.82) is 0 Å². The minimum absolute atomic E-state index is 0.337. The molecule has 1 aromatic carbocycles. The van der Waals surface area contributed by atoms with Crippen LogP contribution in [-0.2, 0) is 11.2 Å². The van der Waals surface area contributed by atoms with Gasteiger partial charge in [-0.05, 0) is 30.5 Å². The minimum Gasteiger partial charge on any atom is -0.496 e. The van der Waals surface area contributed by atoms with E-state index in [1.165, 1.54) is 32.8 Å². The zero-order chi connectivity index (χ0) is 16.4. The Morgan fingerprint density at radius 2 is 2.04 bits per heavy atom. The average Bonchev–Trinajstić information content (AvgIpc) is 3.07. The molecule has 0 bridgehead atoms. The van der Waals surface area contributed by atoms with E-state index in [1.54, 1.807) is 13.2 Å². The Morgan fingerprint density at radius 3 is 2.70 bits per heavy atom. The van der Waals surface area contributed by atoms with E-state index in [4.69, 9.17) is 9.47 Å². The molecule has 0 saturated heterocycles. The van der Waals surface area contributed by atoms with E-state index in [-0.39, 0.29) is 0 Å². The number of halogens is 1. The van der Waals surface area contributed by atoms with Crippen molar-refractivity contribution in [3.8, 4) is 5.75 Å². The topological polar surface area (TPSA) is 48.4 Å². The van der Waals surface area contributed by atoms with Crippen LogP contribution in [0.15, 0.2) is 22.7 Å². The first-order valence-corrected chi connectivity index (χ1v) is 8.67. The third-order valence-corrected chi connectivity index (χ3v) is 5.21. The second-order valence-corrected chi connectivity index (χ2v) is 6.83. The minimum atomic E-state index is -0.415. The summed E-state index contributed by atoms with van der Waals surface area (Å²) in [5, 5.41) is 1.93. The van der Waals surface area contributed by atoms with Crippen LogP contribution in [-0.4, -0.2) is 25.2 Å². The summed E-state index contributed by atoms with van der Waals surface area (Å²) >= 11 is 3.63. The van der Waals surface area contributed by atoms with Gasteiger partial charge in [0.1, 0.15) is 11.4 Å². The number of methoxy groups -OCH3 is 2. The summed E-state index contributed by atoms with van der Waals surface area (Å²) in [6, 6.07) is 5.62. The van der Waals surface area contributed by atoms with Gasteiger partial charge in [0.15, 0.2) is 0 Å². The number of nitrogens with zero attached hydrogens (tertiary/aromatic N) is 1. The summed E-state index contributed by atoms with van der Waals surface area (Å²) in [5.41, 5.74) is 1.28. The maximum absolute atomic E-state index is 12.0. The highest BCUT2D eigenvalue weighted by Crippen LogP contribution is 2.37. The Morgan fingerprint density at radius 1 is 1.30 bits per heavy atom. The van der Waals surface area contributed by atoms with Crippen molar-refractivity contribution in [1.82, 2.24) is 4.98 Å². The van der Waals surface area contributed by atoms with Crippen molar-refractivity contribution < 1.29 is 14.3 Å². The first-order chi connectivity index (χ1) is 11.1. The van der Waals surface area contributed by atoms with Gasteiger partial charge in [0.05, 0.1) is 19.9 Å². The number of benzene rings is 1. The predicted molar refractivity (Wildman–Crippen MR) is 93.0 cm³/mol. The molecule has 4 nitrogen and oxygen atoms in total. The molecule has 1 fully saturated rings. The maximum Gasteiger partial charge on any atom is 0.356 e. The highest BCUT2D eigenvalue weighted by atomic mass is 79.9. The average molecular weight is 378 g/mol. The summed E-state index contributed by atoms with van der Waals surface area (Å²) in [6.07, 6.45) is 5.90. The van der Waals surface area contributed by atoms with Crippen LogP contribution in [0, 0.1) is 5.92 Å². The molecule has 1 saturated carbocycles. The van der Waals surface area contributed by atoms with Crippen molar-refractivity contribution >= 4 is 32.7 Å². The first kappa shape index (κ1) is 16.2. The van der Waals surface area contributed by atoms with Crippen LogP contribution in [0.2, 0.25) is 0 Å². The van der Waals surface area contributed by atoms with Crippen LogP contribution in [0.5, 0.6) is 5.75 Å².